The molecule has 5 heteroatoms. The van der Waals surface area contributed by atoms with Gasteiger partial charge in [0.15, 0.2) is 0 Å². The Morgan fingerprint density at radius 2 is 1.79 bits per heavy atom. The van der Waals surface area contributed by atoms with Crippen LogP contribution >= 0.6 is 0 Å². The van der Waals surface area contributed by atoms with Crippen molar-refractivity contribution >= 4 is 23.2 Å². The van der Waals surface area contributed by atoms with Gasteiger partial charge in [0.1, 0.15) is 5.75 Å². The molecule has 0 aliphatic heterocycles. The van der Waals surface area contributed by atoms with Crippen molar-refractivity contribution in [2.24, 2.45) is 0 Å². The van der Waals surface area contributed by atoms with Crippen LogP contribution in [0.25, 0.3) is 0 Å². The Kier molecular flexibility index (Phi) is 5.95. The molecule has 0 heterocycles. The van der Waals surface area contributed by atoms with Crippen LogP contribution in [0, 0.1) is 0 Å². The van der Waals surface area contributed by atoms with Crippen molar-refractivity contribution in [1.82, 2.24) is 0 Å². The van der Waals surface area contributed by atoms with Crippen molar-refractivity contribution in [3.63, 3.8) is 0 Å². The molecule has 2 aromatic rings. The second kappa shape index (κ2) is 8.15. The summed E-state index contributed by atoms with van der Waals surface area (Å²) in [5.41, 5.74) is 2.27. The lowest BCUT2D eigenvalue weighted by Crippen LogP contribution is -2.15. The molecule has 0 aromatic heterocycles. The number of hydrogen-bond donors (Lipinski definition) is 2. The molecular formula is C19H22N2O3. The van der Waals surface area contributed by atoms with E-state index in [1.54, 1.807) is 18.2 Å². The quantitative estimate of drug-likeness (QED) is 0.849. The maximum Gasteiger partial charge on any atom is 0.224 e. The molecule has 1 atom stereocenters. The molecule has 0 bridgehead atoms. The first kappa shape index (κ1) is 17.5. The number of ether oxygens (including phenoxy) is 1. The molecule has 24 heavy (non-hydrogen) atoms. The van der Waals surface area contributed by atoms with Crippen molar-refractivity contribution in [3.8, 4) is 5.75 Å². The Bertz CT molecular complexity index is 714. The number of rotatable bonds is 6. The van der Waals surface area contributed by atoms with Gasteiger partial charge in [0, 0.05) is 19.0 Å². The first-order valence-corrected chi connectivity index (χ1v) is 7.80. The van der Waals surface area contributed by atoms with Crippen molar-refractivity contribution in [2.75, 3.05) is 17.7 Å². The van der Waals surface area contributed by atoms with Crippen LogP contribution in [0.15, 0.2) is 48.5 Å². The van der Waals surface area contributed by atoms with E-state index >= 15 is 0 Å². The monoisotopic (exact) mass is 326 g/mol. The van der Waals surface area contributed by atoms with Crippen LogP contribution in [0.2, 0.25) is 0 Å². The second-order valence-corrected chi connectivity index (χ2v) is 5.66. The van der Waals surface area contributed by atoms with E-state index in [-0.39, 0.29) is 17.7 Å². The van der Waals surface area contributed by atoms with E-state index in [2.05, 4.69) is 10.6 Å². The van der Waals surface area contributed by atoms with Crippen LogP contribution in [0.3, 0.4) is 0 Å². The molecule has 2 aromatic carbocycles. The first-order chi connectivity index (χ1) is 11.5. The summed E-state index contributed by atoms with van der Waals surface area (Å²) in [7, 11) is 1.53. The highest BCUT2D eigenvalue weighted by atomic mass is 16.5. The van der Waals surface area contributed by atoms with Gasteiger partial charge in [-0.25, -0.2) is 0 Å². The number of anilines is 2. The number of benzene rings is 2. The highest BCUT2D eigenvalue weighted by Crippen LogP contribution is 2.28. The number of hydrogen-bond acceptors (Lipinski definition) is 3. The number of methoxy groups -OCH3 is 1. The molecule has 126 valence electrons. The molecule has 2 rings (SSSR count). The topological polar surface area (TPSA) is 67.4 Å². The van der Waals surface area contributed by atoms with E-state index in [4.69, 9.17) is 4.74 Å². The number of amides is 2. The summed E-state index contributed by atoms with van der Waals surface area (Å²) < 4.78 is 5.20. The molecule has 0 fully saturated rings. The standard InChI is InChI=1S/C19H22N2O3/c1-13(15-7-5-4-6-8-15)11-19(23)21-16-9-10-18(24-3)17(12-16)20-14(2)22/h4-10,12-13H,11H2,1-3H3,(H,20,22)(H,21,23). The summed E-state index contributed by atoms with van der Waals surface area (Å²) in [4.78, 5) is 23.5. The van der Waals surface area contributed by atoms with Crippen LogP contribution in [0.4, 0.5) is 11.4 Å². The van der Waals surface area contributed by atoms with Crippen molar-refractivity contribution < 1.29 is 14.3 Å². The lowest BCUT2D eigenvalue weighted by Gasteiger charge is -2.14. The van der Waals surface area contributed by atoms with Gasteiger partial charge in [0.25, 0.3) is 0 Å². The predicted molar refractivity (Wildman–Crippen MR) is 95.4 cm³/mol. The smallest absolute Gasteiger partial charge is 0.224 e. The van der Waals surface area contributed by atoms with Crippen LogP contribution in [-0.4, -0.2) is 18.9 Å². The summed E-state index contributed by atoms with van der Waals surface area (Å²) in [6.07, 6.45) is 0.380. The number of carbonyl (C=O) groups is 2. The summed E-state index contributed by atoms with van der Waals surface area (Å²) in [5.74, 6) is 0.389. The minimum Gasteiger partial charge on any atom is -0.495 e. The summed E-state index contributed by atoms with van der Waals surface area (Å²) in [6, 6.07) is 15.1. The maximum absolute atomic E-state index is 12.3. The molecule has 0 radical (unpaired) electrons. The lowest BCUT2D eigenvalue weighted by molar-refractivity contribution is -0.116. The Morgan fingerprint density at radius 3 is 2.42 bits per heavy atom. The number of nitrogens with one attached hydrogen (secondary N) is 2. The molecule has 0 aliphatic rings. The zero-order valence-electron chi connectivity index (χ0n) is 14.1. The van der Waals surface area contributed by atoms with Gasteiger partial charge in [0.2, 0.25) is 11.8 Å². The molecule has 0 spiro atoms. The van der Waals surface area contributed by atoms with Gasteiger partial charge in [-0.1, -0.05) is 37.3 Å². The normalized spacial score (nSPS) is 11.5. The fourth-order valence-corrected chi connectivity index (χ4v) is 2.46. The summed E-state index contributed by atoms with van der Waals surface area (Å²) in [5, 5.41) is 5.55. The highest BCUT2D eigenvalue weighted by molar-refractivity contribution is 5.94. The fourth-order valence-electron chi connectivity index (χ4n) is 2.46. The molecule has 0 aliphatic carbocycles. The molecule has 1 unspecified atom stereocenters. The molecular weight excluding hydrogens is 304 g/mol. The van der Waals surface area contributed by atoms with E-state index in [0.717, 1.165) is 5.56 Å². The highest BCUT2D eigenvalue weighted by Gasteiger charge is 2.12. The van der Waals surface area contributed by atoms with Gasteiger partial charge in [-0.15, -0.1) is 0 Å². The van der Waals surface area contributed by atoms with Gasteiger partial charge in [-0.3, -0.25) is 9.59 Å². The predicted octanol–water partition coefficient (Wildman–Crippen LogP) is 3.79. The third kappa shape index (κ3) is 4.84. The maximum atomic E-state index is 12.3. The number of carbonyl (C=O) groups excluding carboxylic acids is 2. The minimum atomic E-state index is -0.200. The zero-order chi connectivity index (χ0) is 17.5. The molecule has 0 saturated heterocycles. The van der Waals surface area contributed by atoms with Crippen LogP contribution in [0.1, 0.15) is 31.7 Å². The summed E-state index contributed by atoms with van der Waals surface area (Å²) >= 11 is 0. The Labute approximate surface area is 142 Å². The summed E-state index contributed by atoms with van der Waals surface area (Å²) in [6.45, 7) is 3.44. The zero-order valence-corrected chi connectivity index (χ0v) is 14.1. The van der Waals surface area contributed by atoms with Crippen LogP contribution < -0.4 is 15.4 Å². The van der Waals surface area contributed by atoms with Gasteiger partial charge in [-0.2, -0.15) is 0 Å². The Balaban J connectivity index is 2.04. The van der Waals surface area contributed by atoms with Crippen molar-refractivity contribution in [1.29, 1.82) is 0 Å². The third-order valence-corrected chi connectivity index (χ3v) is 3.65. The van der Waals surface area contributed by atoms with Gasteiger partial charge in [-0.05, 0) is 29.7 Å². The van der Waals surface area contributed by atoms with Crippen LogP contribution in [-0.2, 0) is 9.59 Å². The minimum absolute atomic E-state index is 0.0784. The molecule has 2 amide bonds. The van der Waals surface area contributed by atoms with Gasteiger partial charge < -0.3 is 15.4 Å². The second-order valence-electron chi connectivity index (χ2n) is 5.66. The first-order valence-electron chi connectivity index (χ1n) is 7.80. The SMILES string of the molecule is COc1ccc(NC(=O)CC(C)c2ccccc2)cc1NC(C)=O. The van der Waals surface area contributed by atoms with E-state index in [0.29, 0.717) is 23.5 Å². The van der Waals surface area contributed by atoms with Crippen molar-refractivity contribution in [3.05, 3.63) is 54.1 Å². The Hall–Kier alpha value is -2.82. The van der Waals surface area contributed by atoms with Gasteiger partial charge >= 0.3 is 0 Å². The van der Waals surface area contributed by atoms with Crippen molar-refractivity contribution in [2.45, 2.75) is 26.2 Å². The van der Waals surface area contributed by atoms with E-state index < -0.39 is 0 Å². The Morgan fingerprint density at radius 1 is 1.08 bits per heavy atom. The molecule has 2 N–H and O–H groups in total. The molecule has 5 nitrogen and oxygen atoms in total. The fraction of sp³-hybridized carbons (Fsp3) is 0.263. The molecule has 0 saturated carbocycles. The van der Waals surface area contributed by atoms with E-state index in [9.17, 15) is 9.59 Å². The average Bonchev–Trinajstić information content (AvgIpc) is 2.55. The lowest BCUT2D eigenvalue weighted by atomic mass is 9.97. The average molecular weight is 326 g/mol. The van der Waals surface area contributed by atoms with Gasteiger partial charge in [0.05, 0.1) is 12.8 Å². The third-order valence-electron chi connectivity index (χ3n) is 3.65. The largest absolute Gasteiger partial charge is 0.495 e. The van der Waals surface area contributed by atoms with Crippen LogP contribution in [0.5, 0.6) is 5.75 Å². The van der Waals surface area contributed by atoms with E-state index in [1.807, 2.05) is 37.3 Å². The van der Waals surface area contributed by atoms with E-state index in [1.165, 1.54) is 14.0 Å².